The van der Waals surface area contributed by atoms with Crippen LogP contribution in [-0.2, 0) is 15.4 Å². The van der Waals surface area contributed by atoms with E-state index in [1.807, 2.05) is 79.7 Å². The van der Waals surface area contributed by atoms with Crippen molar-refractivity contribution < 1.29 is 8.42 Å². The number of hydrogen-bond acceptors (Lipinski definition) is 3. The van der Waals surface area contributed by atoms with E-state index >= 15 is 0 Å². The monoisotopic (exact) mass is 444 g/mol. The number of aryl methyl sites for hydroxylation is 1. The second-order valence-corrected chi connectivity index (χ2v) is 10.6. The highest BCUT2D eigenvalue weighted by atomic mass is 32.2. The van der Waals surface area contributed by atoms with Gasteiger partial charge in [0.2, 0.25) is 10.0 Å². The summed E-state index contributed by atoms with van der Waals surface area (Å²) < 4.78 is 27.7. The van der Waals surface area contributed by atoms with Gasteiger partial charge in [-0.15, -0.1) is 0 Å². The molecule has 1 saturated heterocycles. The van der Waals surface area contributed by atoms with Crippen molar-refractivity contribution in [1.29, 1.82) is 5.26 Å². The van der Waals surface area contributed by atoms with Gasteiger partial charge in [0.05, 0.1) is 11.0 Å². The maximum absolute atomic E-state index is 13.1. The molecule has 0 bridgehead atoms. The molecular weight excluding hydrogens is 416 g/mol. The molecule has 32 heavy (non-hydrogen) atoms. The van der Waals surface area contributed by atoms with E-state index in [1.165, 1.54) is 0 Å². The van der Waals surface area contributed by atoms with Crippen LogP contribution in [0.5, 0.6) is 0 Å². The predicted octanol–water partition coefficient (Wildman–Crippen LogP) is 5.30. The van der Waals surface area contributed by atoms with Gasteiger partial charge in [-0.3, -0.25) is 0 Å². The van der Waals surface area contributed by atoms with Crippen LogP contribution in [0.4, 0.5) is 0 Å². The van der Waals surface area contributed by atoms with Crippen LogP contribution in [0.2, 0.25) is 0 Å². The van der Waals surface area contributed by atoms with Crippen LogP contribution in [0.15, 0.2) is 89.8 Å². The first kappa shape index (κ1) is 22.3. The molecule has 3 aromatic carbocycles. The van der Waals surface area contributed by atoms with Crippen LogP contribution in [-0.4, -0.2) is 25.8 Å². The Morgan fingerprint density at radius 1 is 0.875 bits per heavy atom. The maximum atomic E-state index is 13.1. The van der Waals surface area contributed by atoms with Crippen LogP contribution in [0.25, 0.3) is 0 Å². The number of benzene rings is 3. The third-order valence-electron chi connectivity index (χ3n) is 6.55. The topological polar surface area (TPSA) is 61.2 Å². The summed E-state index contributed by atoms with van der Waals surface area (Å²) in [5, 5.41) is 10.4. The van der Waals surface area contributed by atoms with Crippen LogP contribution in [0.1, 0.15) is 36.0 Å². The van der Waals surface area contributed by atoms with Gasteiger partial charge in [0.15, 0.2) is 0 Å². The zero-order valence-corrected chi connectivity index (χ0v) is 19.1. The van der Waals surface area contributed by atoms with E-state index in [2.05, 4.69) is 6.07 Å². The van der Waals surface area contributed by atoms with E-state index in [0.29, 0.717) is 24.4 Å². The van der Waals surface area contributed by atoms with E-state index in [0.717, 1.165) is 29.5 Å². The van der Waals surface area contributed by atoms with Crippen LogP contribution >= 0.6 is 0 Å². The smallest absolute Gasteiger partial charge is 0.207 e. The molecule has 0 atom stereocenters. The van der Waals surface area contributed by atoms with Crippen molar-refractivity contribution in [1.82, 2.24) is 4.31 Å². The van der Waals surface area contributed by atoms with Gasteiger partial charge >= 0.3 is 0 Å². The van der Waals surface area contributed by atoms with Crippen molar-refractivity contribution in [2.75, 3.05) is 13.1 Å². The zero-order chi connectivity index (χ0) is 22.6. The molecule has 4 rings (SSSR count). The average Bonchev–Trinajstić information content (AvgIpc) is 2.84. The summed E-state index contributed by atoms with van der Waals surface area (Å²) in [5.74, 6) is 0.263. The zero-order valence-electron chi connectivity index (χ0n) is 18.3. The second kappa shape index (κ2) is 9.28. The second-order valence-electron chi connectivity index (χ2n) is 8.61. The minimum atomic E-state index is -3.49. The molecule has 1 heterocycles. The normalized spacial score (nSPS) is 15.9. The van der Waals surface area contributed by atoms with Gasteiger partial charge in [0.25, 0.3) is 0 Å². The standard InChI is InChI=1S/C27H28N2O2S/c1-22-12-14-26(15-13-22)32(30,31)29-18-16-23(17-19-29)20-27(21-28,24-8-4-2-5-9-24)25-10-6-3-7-11-25/h2-15,23H,16-20H2,1H3. The maximum Gasteiger partial charge on any atom is 0.243 e. The Morgan fingerprint density at radius 2 is 1.38 bits per heavy atom. The van der Waals surface area contributed by atoms with Crippen molar-refractivity contribution in [2.24, 2.45) is 5.92 Å². The highest BCUT2D eigenvalue weighted by molar-refractivity contribution is 7.89. The Kier molecular flexibility index (Phi) is 6.45. The van der Waals surface area contributed by atoms with Crippen molar-refractivity contribution in [2.45, 2.75) is 36.5 Å². The van der Waals surface area contributed by atoms with Gasteiger partial charge in [-0.2, -0.15) is 9.57 Å². The molecule has 0 amide bonds. The summed E-state index contributed by atoms with van der Waals surface area (Å²) in [6, 6.07) is 29.6. The molecule has 0 aromatic heterocycles. The fourth-order valence-corrected chi connectivity index (χ4v) is 6.14. The van der Waals surface area contributed by atoms with Crippen molar-refractivity contribution in [3.63, 3.8) is 0 Å². The quantitative estimate of drug-likeness (QED) is 0.519. The van der Waals surface area contributed by atoms with Gasteiger partial charge in [-0.1, -0.05) is 78.4 Å². The molecule has 4 nitrogen and oxygen atoms in total. The molecule has 0 spiro atoms. The van der Waals surface area contributed by atoms with Gasteiger partial charge in [0.1, 0.15) is 5.41 Å². The Balaban J connectivity index is 1.55. The summed E-state index contributed by atoms with van der Waals surface area (Å²) in [6.45, 7) is 2.90. The average molecular weight is 445 g/mol. The number of sulfonamides is 1. The Morgan fingerprint density at radius 3 is 1.84 bits per heavy atom. The molecule has 164 valence electrons. The molecule has 3 aromatic rings. The number of piperidine rings is 1. The van der Waals surface area contributed by atoms with E-state index in [9.17, 15) is 13.7 Å². The SMILES string of the molecule is Cc1ccc(S(=O)(=O)N2CCC(CC(C#N)(c3ccccc3)c3ccccc3)CC2)cc1. The number of nitriles is 1. The van der Waals surface area contributed by atoms with E-state index in [-0.39, 0.29) is 5.92 Å². The molecule has 0 saturated carbocycles. The molecule has 0 N–H and O–H groups in total. The summed E-state index contributed by atoms with van der Waals surface area (Å²) in [5.41, 5.74) is 2.27. The van der Waals surface area contributed by atoms with Gasteiger partial charge in [-0.05, 0) is 55.4 Å². The fourth-order valence-electron chi connectivity index (χ4n) is 4.67. The van der Waals surface area contributed by atoms with Gasteiger partial charge < -0.3 is 0 Å². The largest absolute Gasteiger partial charge is 0.243 e. The lowest BCUT2D eigenvalue weighted by molar-refractivity contribution is 0.247. The van der Waals surface area contributed by atoms with E-state index in [1.54, 1.807) is 16.4 Å². The molecule has 1 fully saturated rings. The lowest BCUT2D eigenvalue weighted by Crippen LogP contribution is -2.40. The highest BCUT2D eigenvalue weighted by Crippen LogP contribution is 2.40. The minimum absolute atomic E-state index is 0.263. The molecule has 1 aliphatic heterocycles. The summed E-state index contributed by atoms with van der Waals surface area (Å²) >= 11 is 0. The number of nitrogens with zero attached hydrogens (tertiary/aromatic N) is 2. The third kappa shape index (κ3) is 4.34. The Bertz CT molecular complexity index is 1140. The first-order valence-corrected chi connectivity index (χ1v) is 12.5. The van der Waals surface area contributed by atoms with E-state index < -0.39 is 15.4 Å². The summed E-state index contributed by atoms with van der Waals surface area (Å²) in [7, 11) is -3.49. The van der Waals surface area contributed by atoms with Gasteiger partial charge in [0, 0.05) is 13.1 Å². The molecular formula is C27H28N2O2S. The molecule has 0 unspecified atom stereocenters. The first-order valence-electron chi connectivity index (χ1n) is 11.0. The van der Waals surface area contributed by atoms with Crippen molar-refractivity contribution in [3.05, 3.63) is 102 Å². The van der Waals surface area contributed by atoms with Crippen LogP contribution < -0.4 is 0 Å². The Labute approximate surface area is 191 Å². The molecule has 0 radical (unpaired) electrons. The number of rotatable bonds is 6. The van der Waals surface area contributed by atoms with Gasteiger partial charge in [-0.25, -0.2) is 8.42 Å². The molecule has 5 heteroatoms. The first-order chi connectivity index (χ1) is 15.5. The summed E-state index contributed by atoms with van der Waals surface area (Å²) in [6.07, 6.45) is 2.17. The predicted molar refractivity (Wildman–Crippen MR) is 127 cm³/mol. The van der Waals surface area contributed by atoms with Crippen molar-refractivity contribution >= 4 is 10.0 Å². The highest BCUT2D eigenvalue weighted by Gasteiger charge is 2.39. The van der Waals surface area contributed by atoms with Crippen molar-refractivity contribution in [3.8, 4) is 6.07 Å². The molecule has 0 aliphatic carbocycles. The lowest BCUT2D eigenvalue weighted by atomic mass is 9.68. The van der Waals surface area contributed by atoms with Crippen LogP contribution in [0.3, 0.4) is 0 Å². The Hall–Kier alpha value is -2.94. The fraction of sp³-hybridized carbons (Fsp3) is 0.296. The molecule has 1 aliphatic rings. The third-order valence-corrected chi connectivity index (χ3v) is 8.46. The lowest BCUT2D eigenvalue weighted by Gasteiger charge is -2.36. The van der Waals surface area contributed by atoms with E-state index in [4.69, 9.17) is 0 Å². The summed E-state index contributed by atoms with van der Waals surface area (Å²) in [4.78, 5) is 0.349. The van der Waals surface area contributed by atoms with Crippen LogP contribution in [0, 0.1) is 24.2 Å². The minimum Gasteiger partial charge on any atom is -0.207 e. The number of hydrogen-bond donors (Lipinski definition) is 0.